The number of benzene rings is 1. The van der Waals surface area contributed by atoms with E-state index in [-0.39, 0.29) is 23.1 Å². The Labute approximate surface area is 113 Å². The molecule has 0 saturated heterocycles. The van der Waals surface area contributed by atoms with Gasteiger partial charge in [-0.15, -0.1) is 0 Å². The highest BCUT2D eigenvalue weighted by Crippen LogP contribution is 2.44. The lowest BCUT2D eigenvalue weighted by Crippen LogP contribution is -2.58. The summed E-state index contributed by atoms with van der Waals surface area (Å²) in [7, 11) is 0. The molecular weight excluding hydrogens is 243 g/mol. The molecule has 1 saturated carbocycles. The molecule has 0 spiro atoms. The van der Waals surface area contributed by atoms with Crippen molar-refractivity contribution in [3.63, 3.8) is 0 Å². The van der Waals surface area contributed by atoms with Crippen LogP contribution in [0, 0.1) is 22.6 Å². The van der Waals surface area contributed by atoms with Crippen molar-refractivity contribution in [3.05, 3.63) is 29.6 Å². The Bertz CT molecular complexity index is 507. The number of ether oxygens (including phenoxy) is 1. The highest BCUT2D eigenvalue weighted by molar-refractivity contribution is 5.59. The molecule has 0 aliphatic heterocycles. The second kappa shape index (κ2) is 5.18. The van der Waals surface area contributed by atoms with Crippen molar-refractivity contribution in [3.8, 4) is 6.07 Å². The van der Waals surface area contributed by atoms with Gasteiger partial charge in [0.25, 0.3) is 0 Å². The second-order valence-corrected chi connectivity index (χ2v) is 5.47. The molecule has 1 fully saturated rings. The van der Waals surface area contributed by atoms with Gasteiger partial charge in [0, 0.05) is 18.1 Å². The van der Waals surface area contributed by atoms with Crippen LogP contribution in [0.25, 0.3) is 0 Å². The molecule has 1 aliphatic carbocycles. The molecule has 1 aliphatic rings. The monoisotopic (exact) mass is 262 g/mol. The van der Waals surface area contributed by atoms with E-state index >= 15 is 0 Å². The van der Waals surface area contributed by atoms with Gasteiger partial charge in [0.05, 0.1) is 11.8 Å². The van der Waals surface area contributed by atoms with Crippen LogP contribution < -0.4 is 5.32 Å². The van der Waals surface area contributed by atoms with Crippen molar-refractivity contribution >= 4 is 5.69 Å². The number of rotatable bonds is 4. The van der Waals surface area contributed by atoms with Crippen molar-refractivity contribution in [1.29, 1.82) is 5.26 Å². The molecule has 4 heteroatoms. The maximum atomic E-state index is 13.5. The highest BCUT2D eigenvalue weighted by Gasteiger charge is 2.49. The van der Waals surface area contributed by atoms with Gasteiger partial charge < -0.3 is 10.1 Å². The SMILES string of the molecule is CCOC1CC(Nc2cccc(F)c2C#N)C1(C)C. The summed E-state index contributed by atoms with van der Waals surface area (Å²) in [5.41, 5.74) is 0.628. The third kappa shape index (κ3) is 2.43. The van der Waals surface area contributed by atoms with E-state index in [9.17, 15) is 4.39 Å². The van der Waals surface area contributed by atoms with Crippen LogP contribution in [0.15, 0.2) is 18.2 Å². The Morgan fingerprint density at radius 1 is 1.53 bits per heavy atom. The lowest BCUT2D eigenvalue weighted by Gasteiger charge is -2.52. The van der Waals surface area contributed by atoms with E-state index in [4.69, 9.17) is 10.00 Å². The van der Waals surface area contributed by atoms with E-state index in [0.29, 0.717) is 12.3 Å². The van der Waals surface area contributed by atoms with Crippen LogP contribution in [0.3, 0.4) is 0 Å². The molecule has 0 aromatic heterocycles. The predicted molar refractivity (Wildman–Crippen MR) is 72.3 cm³/mol. The Balaban J connectivity index is 2.12. The molecular formula is C15H19FN2O. The smallest absolute Gasteiger partial charge is 0.143 e. The summed E-state index contributed by atoms with van der Waals surface area (Å²) < 4.78 is 19.2. The fraction of sp³-hybridized carbons (Fsp3) is 0.533. The third-order valence-corrected chi connectivity index (χ3v) is 4.00. The minimum atomic E-state index is -0.481. The van der Waals surface area contributed by atoms with Gasteiger partial charge >= 0.3 is 0 Å². The zero-order valence-corrected chi connectivity index (χ0v) is 11.5. The van der Waals surface area contributed by atoms with Gasteiger partial charge in [-0.3, -0.25) is 0 Å². The molecule has 19 heavy (non-hydrogen) atoms. The fourth-order valence-electron chi connectivity index (χ4n) is 2.56. The van der Waals surface area contributed by atoms with Crippen molar-refractivity contribution in [2.24, 2.45) is 5.41 Å². The second-order valence-electron chi connectivity index (χ2n) is 5.47. The molecule has 0 radical (unpaired) electrons. The average molecular weight is 262 g/mol. The summed E-state index contributed by atoms with van der Waals surface area (Å²) in [4.78, 5) is 0. The van der Waals surface area contributed by atoms with Crippen LogP contribution >= 0.6 is 0 Å². The summed E-state index contributed by atoms with van der Waals surface area (Å²) in [6.07, 6.45) is 1.09. The number of nitriles is 1. The van der Waals surface area contributed by atoms with E-state index in [1.54, 1.807) is 12.1 Å². The van der Waals surface area contributed by atoms with Crippen LogP contribution in [0.1, 0.15) is 32.8 Å². The number of halogens is 1. The topological polar surface area (TPSA) is 45.0 Å². The van der Waals surface area contributed by atoms with Crippen LogP contribution in [0.5, 0.6) is 0 Å². The Morgan fingerprint density at radius 3 is 2.84 bits per heavy atom. The Kier molecular flexibility index (Phi) is 3.77. The molecule has 0 bridgehead atoms. The Hall–Kier alpha value is -1.60. The molecule has 102 valence electrons. The van der Waals surface area contributed by atoms with Gasteiger partial charge in [-0.05, 0) is 25.5 Å². The number of nitrogens with one attached hydrogen (secondary N) is 1. The van der Waals surface area contributed by atoms with Crippen molar-refractivity contribution in [2.75, 3.05) is 11.9 Å². The lowest BCUT2D eigenvalue weighted by molar-refractivity contribution is -0.0976. The first-order chi connectivity index (χ1) is 9.00. The summed E-state index contributed by atoms with van der Waals surface area (Å²) in [6, 6.07) is 6.77. The highest BCUT2D eigenvalue weighted by atomic mass is 19.1. The van der Waals surface area contributed by atoms with Crippen LogP contribution in [0.4, 0.5) is 10.1 Å². The van der Waals surface area contributed by atoms with Crippen LogP contribution in [0.2, 0.25) is 0 Å². The molecule has 0 amide bonds. The van der Waals surface area contributed by atoms with Gasteiger partial charge in [0.1, 0.15) is 17.4 Å². The normalized spacial score (nSPS) is 24.4. The van der Waals surface area contributed by atoms with Crippen LogP contribution in [-0.4, -0.2) is 18.8 Å². The maximum Gasteiger partial charge on any atom is 0.143 e. The molecule has 3 nitrogen and oxygen atoms in total. The molecule has 1 aromatic carbocycles. The van der Waals surface area contributed by atoms with Gasteiger partial charge in [-0.1, -0.05) is 19.9 Å². The molecule has 1 N–H and O–H groups in total. The number of nitrogens with zero attached hydrogens (tertiary/aromatic N) is 1. The minimum Gasteiger partial charge on any atom is -0.380 e. The largest absolute Gasteiger partial charge is 0.380 e. The quantitative estimate of drug-likeness (QED) is 0.905. The maximum absolute atomic E-state index is 13.5. The zero-order valence-electron chi connectivity index (χ0n) is 11.5. The number of hydrogen-bond donors (Lipinski definition) is 1. The molecule has 2 unspecified atom stereocenters. The summed E-state index contributed by atoms with van der Waals surface area (Å²) >= 11 is 0. The van der Waals surface area contributed by atoms with Crippen LogP contribution in [-0.2, 0) is 4.74 Å². The van der Waals surface area contributed by atoms with Gasteiger partial charge in [-0.2, -0.15) is 5.26 Å². The molecule has 2 rings (SSSR count). The van der Waals surface area contributed by atoms with E-state index < -0.39 is 5.82 Å². The Morgan fingerprint density at radius 2 is 2.26 bits per heavy atom. The first kappa shape index (κ1) is 13.8. The lowest BCUT2D eigenvalue weighted by atomic mass is 9.64. The summed E-state index contributed by atoms with van der Waals surface area (Å²) in [5.74, 6) is -0.481. The van der Waals surface area contributed by atoms with Crippen molar-refractivity contribution in [2.45, 2.75) is 39.3 Å². The van der Waals surface area contributed by atoms with Gasteiger partial charge in [0.15, 0.2) is 0 Å². The molecule has 1 aromatic rings. The zero-order chi connectivity index (χ0) is 14.0. The predicted octanol–water partition coefficient (Wildman–Crippen LogP) is 3.31. The first-order valence-electron chi connectivity index (χ1n) is 6.57. The minimum absolute atomic E-state index is 0.0188. The van der Waals surface area contributed by atoms with Crippen molar-refractivity contribution in [1.82, 2.24) is 0 Å². The fourth-order valence-corrected chi connectivity index (χ4v) is 2.56. The number of hydrogen-bond acceptors (Lipinski definition) is 3. The third-order valence-electron chi connectivity index (χ3n) is 4.00. The van der Waals surface area contributed by atoms with E-state index in [1.807, 2.05) is 13.0 Å². The van der Waals surface area contributed by atoms with E-state index in [2.05, 4.69) is 19.2 Å². The van der Waals surface area contributed by atoms with E-state index in [0.717, 1.165) is 6.42 Å². The molecule has 0 heterocycles. The number of anilines is 1. The van der Waals surface area contributed by atoms with E-state index in [1.165, 1.54) is 6.07 Å². The summed E-state index contributed by atoms with van der Waals surface area (Å²) in [5, 5.41) is 12.3. The molecule has 2 atom stereocenters. The van der Waals surface area contributed by atoms with Gasteiger partial charge in [-0.25, -0.2) is 4.39 Å². The van der Waals surface area contributed by atoms with Crippen molar-refractivity contribution < 1.29 is 9.13 Å². The average Bonchev–Trinajstić information content (AvgIpc) is 2.38. The van der Waals surface area contributed by atoms with Gasteiger partial charge in [0.2, 0.25) is 0 Å². The first-order valence-corrected chi connectivity index (χ1v) is 6.57. The standard InChI is InChI=1S/C15H19FN2O/c1-4-19-14-8-13(15(14,2)3)18-12-7-5-6-11(16)10(12)9-17/h5-7,13-14,18H,4,8H2,1-3H3. The summed E-state index contributed by atoms with van der Waals surface area (Å²) in [6.45, 7) is 6.93.